The maximum Gasteiger partial charge on any atom is 0.324 e. The van der Waals surface area contributed by atoms with Crippen LogP contribution in [0.15, 0.2) is 17.5 Å². The third-order valence-electron chi connectivity index (χ3n) is 3.37. The lowest BCUT2D eigenvalue weighted by atomic mass is 10.1. The van der Waals surface area contributed by atoms with Crippen molar-refractivity contribution >= 4 is 40.1 Å². The van der Waals surface area contributed by atoms with Gasteiger partial charge in [0.25, 0.3) is 0 Å². The van der Waals surface area contributed by atoms with Crippen LogP contribution in [0, 0.1) is 10.1 Å². The molecule has 1 fully saturated rings. The number of likely N-dealkylation sites (tertiary alicyclic amines) is 1. The standard InChI is InChI=1S/C13H15N3O2S2.ClH/c17-16(18)12-5-4-11(20-12)13-14-10(9-19-13)8-15-6-2-1-3-7-15;/h4-5,9H,1-3,6-8H2;1H. The first-order valence-corrected chi connectivity index (χ1v) is 8.33. The Morgan fingerprint density at radius 2 is 2.05 bits per heavy atom. The Bertz CT molecular complexity index is 608. The molecule has 0 amide bonds. The van der Waals surface area contributed by atoms with Gasteiger partial charge in [0.15, 0.2) is 0 Å². The highest BCUT2D eigenvalue weighted by Gasteiger charge is 2.15. The van der Waals surface area contributed by atoms with E-state index in [-0.39, 0.29) is 22.3 Å². The van der Waals surface area contributed by atoms with Crippen molar-refractivity contribution in [1.29, 1.82) is 0 Å². The minimum absolute atomic E-state index is 0. The van der Waals surface area contributed by atoms with Crippen molar-refractivity contribution in [3.63, 3.8) is 0 Å². The number of thiophene rings is 1. The molecule has 3 rings (SSSR count). The van der Waals surface area contributed by atoms with Crippen molar-refractivity contribution in [1.82, 2.24) is 9.88 Å². The van der Waals surface area contributed by atoms with Crippen LogP contribution >= 0.6 is 35.1 Å². The van der Waals surface area contributed by atoms with Crippen LogP contribution in [0.5, 0.6) is 0 Å². The maximum atomic E-state index is 10.7. The van der Waals surface area contributed by atoms with Gasteiger partial charge in [-0.25, -0.2) is 4.98 Å². The van der Waals surface area contributed by atoms with Gasteiger partial charge in [-0.3, -0.25) is 15.0 Å². The van der Waals surface area contributed by atoms with Gasteiger partial charge >= 0.3 is 5.00 Å². The Hall–Kier alpha value is -1.02. The van der Waals surface area contributed by atoms with Crippen molar-refractivity contribution in [3.05, 3.63) is 33.3 Å². The number of hydrogen-bond donors (Lipinski definition) is 0. The zero-order valence-electron chi connectivity index (χ0n) is 11.4. The van der Waals surface area contributed by atoms with Crippen molar-refractivity contribution in [3.8, 4) is 9.88 Å². The van der Waals surface area contributed by atoms with Crippen LogP contribution in [-0.4, -0.2) is 27.9 Å². The Morgan fingerprint density at radius 1 is 1.29 bits per heavy atom. The second-order valence-corrected chi connectivity index (χ2v) is 6.80. The van der Waals surface area contributed by atoms with Gasteiger partial charge in [-0.1, -0.05) is 17.8 Å². The van der Waals surface area contributed by atoms with E-state index in [2.05, 4.69) is 15.3 Å². The van der Waals surface area contributed by atoms with E-state index in [1.54, 1.807) is 23.5 Å². The molecule has 1 saturated heterocycles. The summed E-state index contributed by atoms with van der Waals surface area (Å²) in [4.78, 5) is 18.3. The molecule has 0 N–H and O–H groups in total. The van der Waals surface area contributed by atoms with Crippen molar-refractivity contribution in [2.75, 3.05) is 13.1 Å². The van der Waals surface area contributed by atoms with Gasteiger partial charge in [0.2, 0.25) is 0 Å². The van der Waals surface area contributed by atoms with E-state index < -0.39 is 0 Å². The number of nitro groups is 1. The predicted molar refractivity (Wildman–Crippen MR) is 88.5 cm³/mol. The van der Waals surface area contributed by atoms with Crippen LogP contribution in [-0.2, 0) is 6.54 Å². The Balaban J connectivity index is 0.00000161. The summed E-state index contributed by atoms with van der Waals surface area (Å²) in [5.41, 5.74) is 1.07. The van der Waals surface area contributed by atoms with Gasteiger partial charge in [0.05, 0.1) is 15.5 Å². The summed E-state index contributed by atoms with van der Waals surface area (Å²) in [6, 6.07) is 3.33. The summed E-state index contributed by atoms with van der Waals surface area (Å²) in [7, 11) is 0. The number of rotatable bonds is 4. The molecule has 21 heavy (non-hydrogen) atoms. The molecule has 114 valence electrons. The zero-order valence-corrected chi connectivity index (χ0v) is 13.8. The summed E-state index contributed by atoms with van der Waals surface area (Å²) in [6.07, 6.45) is 3.87. The van der Waals surface area contributed by atoms with Crippen LogP contribution < -0.4 is 0 Å². The molecule has 0 aromatic carbocycles. The van der Waals surface area contributed by atoms with Crippen LogP contribution in [0.3, 0.4) is 0 Å². The van der Waals surface area contributed by atoms with E-state index in [0.29, 0.717) is 0 Å². The van der Waals surface area contributed by atoms with E-state index in [4.69, 9.17) is 0 Å². The number of hydrogen-bond acceptors (Lipinski definition) is 6. The highest BCUT2D eigenvalue weighted by molar-refractivity contribution is 7.22. The number of aromatic nitrogens is 1. The number of piperidine rings is 1. The van der Waals surface area contributed by atoms with E-state index >= 15 is 0 Å². The normalized spacial score (nSPS) is 15.6. The summed E-state index contributed by atoms with van der Waals surface area (Å²) < 4.78 is 0. The molecule has 5 nitrogen and oxygen atoms in total. The van der Waals surface area contributed by atoms with Crippen LogP contribution in [0.4, 0.5) is 5.00 Å². The van der Waals surface area contributed by atoms with E-state index in [0.717, 1.165) is 35.2 Å². The molecular formula is C13H16ClN3O2S2. The number of thiazole rings is 1. The average Bonchev–Trinajstić information content (AvgIpc) is 3.08. The van der Waals surface area contributed by atoms with Crippen molar-refractivity contribution in [2.45, 2.75) is 25.8 Å². The highest BCUT2D eigenvalue weighted by atomic mass is 35.5. The fourth-order valence-electron chi connectivity index (χ4n) is 2.38. The van der Waals surface area contributed by atoms with E-state index in [9.17, 15) is 10.1 Å². The summed E-state index contributed by atoms with van der Waals surface area (Å²) >= 11 is 2.76. The lowest BCUT2D eigenvalue weighted by Gasteiger charge is -2.25. The number of nitrogens with zero attached hydrogens (tertiary/aromatic N) is 3. The van der Waals surface area contributed by atoms with Gasteiger partial charge in [-0.2, -0.15) is 0 Å². The number of halogens is 1. The summed E-state index contributed by atoms with van der Waals surface area (Å²) in [6.45, 7) is 3.19. The van der Waals surface area contributed by atoms with Gasteiger partial charge in [0.1, 0.15) is 5.01 Å². The molecule has 0 spiro atoms. The monoisotopic (exact) mass is 345 g/mol. The lowest BCUT2D eigenvalue weighted by Crippen LogP contribution is -2.29. The molecule has 0 atom stereocenters. The molecule has 8 heteroatoms. The third kappa shape index (κ3) is 4.00. The zero-order chi connectivity index (χ0) is 13.9. The smallest absolute Gasteiger partial charge is 0.297 e. The quantitative estimate of drug-likeness (QED) is 0.616. The minimum atomic E-state index is -0.351. The third-order valence-corrected chi connectivity index (χ3v) is 5.47. The van der Waals surface area contributed by atoms with Gasteiger partial charge < -0.3 is 0 Å². The second kappa shape index (κ2) is 7.31. The predicted octanol–water partition coefficient (Wildman–Crippen LogP) is 4.19. The van der Waals surface area contributed by atoms with Gasteiger partial charge in [-0.15, -0.1) is 23.7 Å². The molecule has 2 aromatic rings. The molecule has 0 aliphatic carbocycles. The molecule has 1 aliphatic rings. The lowest BCUT2D eigenvalue weighted by molar-refractivity contribution is -0.380. The summed E-state index contributed by atoms with van der Waals surface area (Å²) in [5.74, 6) is 0. The topological polar surface area (TPSA) is 59.3 Å². The molecule has 1 aliphatic heterocycles. The molecule has 3 heterocycles. The first-order chi connectivity index (χ1) is 9.72. The van der Waals surface area contributed by atoms with E-state index in [1.807, 2.05) is 0 Å². The Kier molecular flexibility index (Phi) is 5.69. The van der Waals surface area contributed by atoms with Crippen LogP contribution in [0.25, 0.3) is 9.88 Å². The molecule has 2 aromatic heterocycles. The van der Waals surface area contributed by atoms with Crippen molar-refractivity contribution < 1.29 is 4.92 Å². The largest absolute Gasteiger partial charge is 0.324 e. The second-order valence-electron chi connectivity index (χ2n) is 4.88. The summed E-state index contributed by atoms with van der Waals surface area (Å²) in [5, 5.41) is 13.8. The Labute approximate surface area is 137 Å². The highest BCUT2D eigenvalue weighted by Crippen LogP contribution is 2.34. The first-order valence-electron chi connectivity index (χ1n) is 6.64. The molecular weight excluding hydrogens is 330 g/mol. The van der Waals surface area contributed by atoms with Crippen LogP contribution in [0.2, 0.25) is 0 Å². The minimum Gasteiger partial charge on any atom is -0.297 e. The SMILES string of the molecule is Cl.O=[N+]([O-])c1ccc(-c2nc(CN3CCCCC3)cs2)s1. The first kappa shape index (κ1) is 16.4. The molecule has 0 saturated carbocycles. The fourth-order valence-corrected chi connectivity index (χ4v) is 4.08. The molecule has 0 bridgehead atoms. The fraction of sp³-hybridized carbons (Fsp3) is 0.462. The molecule has 0 unspecified atom stereocenters. The average molecular weight is 346 g/mol. The van der Waals surface area contributed by atoms with Crippen molar-refractivity contribution in [2.24, 2.45) is 0 Å². The van der Waals surface area contributed by atoms with E-state index in [1.165, 1.54) is 30.6 Å². The molecule has 0 radical (unpaired) electrons. The maximum absolute atomic E-state index is 10.7. The Morgan fingerprint density at radius 3 is 2.71 bits per heavy atom. The van der Waals surface area contributed by atoms with Gasteiger partial charge in [0, 0.05) is 18.0 Å². The van der Waals surface area contributed by atoms with Gasteiger partial charge in [-0.05, 0) is 32.0 Å². The van der Waals surface area contributed by atoms with Crippen LogP contribution in [0.1, 0.15) is 25.0 Å².